The number of cyclic esters (lactones) is 1. The Labute approximate surface area is 135 Å². The topological polar surface area (TPSA) is 52.6 Å². The molecule has 0 aliphatic carbocycles. The van der Waals surface area contributed by atoms with Gasteiger partial charge in [0.05, 0.1) is 13.5 Å². The molecule has 118 valence electrons. The van der Waals surface area contributed by atoms with E-state index in [9.17, 15) is 9.59 Å². The number of benzene rings is 2. The SMILES string of the molecule is COC(=O)C1(Cc2ccccc2)CC(=O)OC1c1ccccc1. The summed E-state index contributed by atoms with van der Waals surface area (Å²) in [5.74, 6) is -0.791. The molecule has 0 N–H and O–H groups in total. The lowest BCUT2D eigenvalue weighted by molar-refractivity contribution is -0.157. The van der Waals surface area contributed by atoms with Crippen LogP contribution >= 0.6 is 0 Å². The van der Waals surface area contributed by atoms with Crippen molar-refractivity contribution >= 4 is 11.9 Å². The summed E-state index contributed by atoms with van der Waals surface area (Å²) in [5, 5.41) is 0. The molecule has 1 fully saturated rings. The highest BCUT2D eigenvalue weighted by atomic mass is 16.6. The monoisotopic (exact) mass is 310 g/mol. The summed E-state index contributed by atoms with van der Waals surface area (Å²) >= 11 is 0. The third kappa shape index (κ3) is 2.84. The number of ether oxygens (including phenoxy) is 2. The van der Waals surface area contributed by atoms with E-state index in [-0.39, 0.29) is 12.4 Å². The Morgan fingerprint density at radius 2 is 1.74 bits per heavy atom. The Balaban J connectivity index is 2.05. The van der Waals surface area contributed by atoms with E-state index in [1.807, 2.05) is 60.7 Å². The number of hydrogen-bond acceptors (Lipinski definition) is 4. The second-order valence-electron chi connectivity index (χ2n) is 5.77. The van der Waals surface area contributed by atoms with E-state index in [4.69, 9.17) is 9.47 Å². The van der Waals surface area contributed by atoms with Gasteiger partial charge in [0.1, 0.15) is 11.5 Å². The summed E-state index contributed by atoms with van der Waals surface area (Å²) in [6.07, 6.45) is -0.219. The van der Waals surface area contributed by atoms with Gasteiger partial charge < -0.3 is 9.47 Å². The van der Waals surface area contributed by atoms with E-state index in [1.165, 1.54) is 7.11 Å². The normalized spacial score (nSPS) is 23.3. The molecule has 0 saturated carbocycles. The Kier molecular flexibility index (Phi) is 4.15. The van der Waals surface area contributed by atoms with Crippen LogP contribution in [0.15, 0.2) is 60.7 Å². The highest BCUT2D eigenvalue weighted by molar-refractivity contribution is 5.87. The van der Waals surface area contributed by atoms with Crippen LogP contribution in [0.5, 0.6) is 0 Å². The van der Waals surface area contributed by atoms with Crippen LogP contribution in [0.25, 0.3) is 0 Å². The van der Waals surface area contributed by atoms with Gasteiger partial charge in [0.15, 0.2) is 0 Å². The van der Waals surface area contributed by atoms with Crippen molar-refractivity contribution in [2.75, 3.05) is 7.11 Å². The van der Waals surface area contributed by atoms with Crippen molar-refractivity contribution in [1.82, 2.24) is 0 Å². The summed E-state index contributed by atoms with van der Waals surface area (Å²) in [6.45, 7) is 0. The maximum atomic E-state index is 12.6. The van der Waals surface area contributed by atoms with Crippen molar-refractivity contribution in [2.24, 2.45) is 5.41 Å². The number of methoxy groups -OCH3 is 1. The van der Waals surface area contributed by atoms with Crippen molar-refractivity contribution in [2.45, 2.75) is 18.9 Å². The van der Waals surface area contributed by atoms with E-state index in [0.29, 0.717) is 6.42 Å². The van der Waals surface area contributed by atoms with Crippen LogP contribution in [0, 0.1) is 5.41 Å². The minimum Gasteiger partial charge on any atom is -0.468 e. The standard InChI is InChI=1S/C19H18O4/c1-22-18(21)19(12-14-8-4-2-5-9-14)13-16(20)23-17(19)15-10-6-3-7-11-15/h2-11,17H,12-13H2,1H3. The van der Waals surface area contributed by atoms with Gasteiger partial charge in [0.25, 0.3) is 0 Å². The fourth-order valence-corrected chi connectivity index (χ4v) is 3.22. The molecule has 2 atom stereocenters. The van der Waals surface area contributed by atoms with Crippen LogP contribution < -0.4 is 0 Å². The van der Waals surface area contributed by atoms with Gasteiger partial charge in [-0.1, -0.05) is 60.7 Å². The van der Waals surface area contributed by atoms with Crippen molar-refractivity contribution in [1.29, 1.82) is 0 Å². The Morgan fingerprint density at radius 1 is 1.13 bits per heavy atom. The Bertz CT molecular complexity index is 696. The minimum absolute atomic E-state index is 0.0220. The lowest BCUT2D eigenvalue weighted by Crippen LogP contribution is -2.37. The first-order chi connectivity index (χ1) is 11.2. The molecule has 23 heavy (non-hydrogen) atoms. The van der Waals surface area contributed by atoms with E-state index in [2.05, 4.69) is 0 Å². The van der Waals surface area contributed by atoms with Gasteiger partial charge in [0.2, 0.25) is 0 Å². The quantitative estimate of drug-likeness (QED) is 0.814. The fraction of sp³-hybridized carbons (Fsp3) is 0.263. The highest BCUT2D eigenvalue weighted by Gasteiger charge is 2.56. The molecule has 1 saturated heterocycles. The van der Waals surface area contributed by atoms with Crippen LogP contribution in [0.2, 0.25) is 0 Å². The Hall–Kier alpha value is -2.62. The number of hydrogen-bond donors (Lipinski definition) is 0. The van der Waals surface area contributed by atoms with Gasteiger partial charge in [-0.05, 0) is 17.5 Å². The van der Waals surface area contributed by atoms with E-state index >= 15 is 0 Å². The number of carbonyl (C=O) groups is 2. The average Bonchev–Trinajstić information content (AvgIpc) is 2.93. The summed E-state index contributed by atoms with van der Waals surface area (Å²) < 4.78 is 10.6. The molecule has 4 nitrogen and oxygen atoms in total. The summed E-state index contributed by atoms with van der Waals surface area (Å²) in [7, 11) is 1.35. The first kappa shape index (κ1) is 15.3. The third-order valence-electron chi connectivity index (χ3n) is 4.27. The molecular weight excluding hydrogens is 292 g/mol. The zero-order valence-electron chi connectivity index (χ0n) is 12.9. The van der Waals surface area contributed by atoms with Crippen LogP contribution in [0.3, 0.4) is 0 Å². The molecular formula is C19H18O4. The molecule has 2 aromatic carbocycles. The molecule has 4 heteroatoms. The van der Waals surface area contributed by atoms with Crippen molar-refractivity contribution in [3.8, 4) is 0 Å². The molecule has 0 radical (unpaired) electrons. The summed E-state index contributed by atoms with van der Waals surface area (Å²) in [5.41, 5.74) is 0.742. The maximum Gasteiger partial charge on any atom is 0.316 e. The molecule has 2 aromatic rings. The van der Waals surface area contributed by atoms with Gasteiger partial charge in [0, 0.05) is 0 Å². The van der Waals surface area contributed by atoms with E-state index < -0.39 is 17.5 Å². The highest BCUT2D eigenvalue weighted by Crippen LogP contribution is 2.49. The zero-order chi connectivity index (χ0) is 16.3. The van der Waals surface area contributed by atoms with Gasteiger partial charge in [-0.15, -0.1) is 0 Å². The molecule has 1 heterocycles. The average molecular weight is 310 g/mol. The van der Waals surface area contributed by atoms with E-state index in [1.54, 1.807) is 0 Å². The zero-order valence-corrected chi connectivity index (χ0v) is 12.9. The third-order valence-corrected chi connectivity index (χ3v) is 4.27. The van der Waals surface area contributed by atoms with Gasteiger partial charge in [-0.3, -0.25) is 9.59 Å². The lowest BCUT2D eigenvalue weighted by atomic mass is 9.73. The maximum absolute atomic E-state index is 12.6. The predicted octanol–water partition coefficient (Wildman–Crippen LogP) is 3.08. The molecule has 0 bridgehead atoms. The van der Waals surface area contributed by atoms with Crippen LogP contribution in [0.4, 0.5) is 0 Å². The molecule has 1 aliphatic heterocycles. The predicted molar refractivity (Wildman–Crippen MR) is 84.5 cm³/mol. The fourth-order valence-electron chi connectivity index (χ4n) is 3.22. The summed E-state index contributed by atoms with van der Waals surface area (Å²) in [6, 6.07) is 19.0. The molecule has 0 spiro atoms. The number of carbonyl (C=O) groups excluding carboxylic acids is 2. The largest absolute Gasteiger partial charge is 0.468 e. The van der Waals surface area contributed by atoms with Crippen molar-refractivity contribution < 1.29 is 19.1 Å². The number of esters is 2. The minimum atomic E-state index is -1.03. The van der Waals surface area contributed by atoms with E-state index in [0.717, 1.165) is 11.1 Å². The smallest absolute Gasteiger partial charge is 0.316 e. The van der Waals surface area contributed by atoms with Gasteiger partial charge in [-0.2, -0.15) is 0 Å². The molecule has 1 aliphatic rings. The molecule has 0 amide bonds. The van der Waals surface area contributed by atoms with Crippen molar-refractivity contribution in [3.05, 3.63) is 71.8 Å². The second-order valence-corrected chi connectivity index (χ2v) is 5.77. The van der Waals surface area contributed by atoms with Crippen LogP contribution in [0.1, 0.15) is 23.7 Å². The molecule has 3 rings (SSSR count). The van der Waals surface area contributed by atoms with Crippen LogP contribution in [-0.2, 0) is 25.5 Å². The Morgan fingerprint density at radius 3 is 2.35 bits per heavy atom. The number of rotatable bonds is 4. The summed E-state index contributed by atoms with van der Waals surface area (Å²) in [4.78, 5) is 24.6. The van der Waals surface area contributed by atoms with Gasteiger partial charge >= 0.3 is 11.9 Å². The van der Waals surface area contributed by atoms with Crippen molar-refractivity contribution in [3.63, 3.8) is 0 Å². The van der Waals surface area contributed by atoms with Crippen LogP contribution in [-0.4, -0.2) is 19.0 Å². The van der Waals surface area contributed by atoms with Gasteiger partial charge in [-0.25, -0.2) is 0 Å². The first-order valence-corrected chi connectivity index (χ1v) is 7.52. The first-order valence-electron chi connectivity index (χ1n) is 7.52. The molecule has 0 aromatic heterocycles. The second kappa shape index (κ2) is 6.24. The molecule has 2 unspecified atom stereocenters. The lowest BCUT2D eigenvalue weighted by Gasteiger charge is -2.30.